The predicted octanol–water partition coefficient (Wildman–Crippen LogP) is 0.486. The summed E-state index contributed by atoms with van der Waals surface area (Å²) in [7, 11) is 1.59. The van der Waals surface area contributed by atoms with Crippen LogP contribution in [0.2, 0.25) is 0 Å². The van der Waals surface area contributed by atoms with Crippen LogP contribution in [0.1, 0.15) is 18.4 Å². The number of methoxy groups -OCH3 is 1. The topological polar surface area (TPSA) is 78.8 Å². The highest BCUT2D eigenvalue weighted by atomic mass is 16.5. The summed E-state index contributed by atoms with van der Waals surface area (Å²) in [5.74, 6) is 0.526. The second-order valence-corrected chi connectivity index (χ2v) is 5.27. The molecule has 2 rings (SSSR count). The average Bonchev–Trinajstić information content (AvgIpc) is 2.78. The van der Waals surface area contributed by atoms with Crippen molar-refractivity contribution in [2.24, 2.45) is 5.92 Å². The predicted molar refractivity (Wildman–Crippen MR) is 74.4 cm³/mol. The number of carbonyl (C=O) groups excluding carboxylic acids is 1. The number of hydrogen-bond acceptors (Lipinski definition) is 4. The van der Waals surface area contributed by atoms with Crippen LogP contribution in [0.5, 0.6) is 5.75 Å². The Morgan fingerprint density at radius 3 is 2.90 bits per heavy atom. The number of amides is 1. The van der Waals surface area contributed by atoms with Gasteiger partial charge in [-0.2, -0.15) is 0 Å². The van der Waals surface area contributed by atoms with Crippen molar-refractivity contribution < 1.29 is 19.7 Å². The van der Waals surface area contributed by atoms with E-state index in [9.17, 15) is 9.90 Å². The number of aliphatic hydroxyl groups excluding tert-OH is 2. The first kappa shape index (κ1) is 14.8. The largest absolute Gasteiger partial charge is 0.497 e. The molecule has 3 atom stereocenters. The van der Waals surface area contributed by atoms with Crippen LogP contribution < -0.4 is 10.1 Å². The Morgan fingerprint density at radius 1 is 1.45 bits per heavy atom. The van der Waals surface area contributed by atoms with Gasteiger partial charge in [0.2, 0.25) is 5.91 Å². The zero-order valence-corrected chi connectivity index (χ0v) is 11.6. The van der Waals surface area contributed by atoms with Gasteiger partial charge >= 0.3 is 0 Å². The molecule has 0 spiro atoms. The maximum absolute atomic E-state index is 12.0. The average molecular weight is 279 g/mol. The van der Waals surface area contributed by atoms with Crippen molar-refractivity contribution in [3.05, 3.63) is 29.8 Å². The SMILES string of the molecule is COc1cccc(CC(=O)NC2CC(O)C(CO)C2)c1. The Balaban J connectivity index is 1.86. The van der Waals surface area contributed by atoms with Crippen LogP contribution >= 0.6 is 0 Å². The molecule has 1 saturated carbocycles. The Labute approximate surface area is 118 Å². The minimum Gasteiger partial charge on any atom is -0.497 e. The van der Waals surface area contributed by atoms with E-state index in [-0.39, 0.29) is 30.9 Å². The number of nitrogens with one attached hydrogen (secondary N) is 1. The first-order chi connectivity index (χ1) is 9.62. The Kier molecular flexibility index (Phi) is 4.98. The third-order valence-corrected chi connectivity index (χ3v) is 3.76. The molecule has 20 heavy (non-hydrogen) atoms. The summed E-state index contributed by atoms with van der Waals surface area (Å²) >= 11 is 0. The number of hydrogen-bond donors (Lipinski definition) is 3. The van der Waals surface area contributed by atoms with Crippen molar-refractivity contribution in [2.45, 2.75) is 31.4 Å². The van der Waals surface area contributed by atoms with Crippen LogP contribution in [-0.2, 0) is 11.2 Å². The van der Waals surface area contributed by atoms with E-state index < -0.39 is 6.10 Å². The Bertz CT molecular complexity index is 463. The lowest BCUT2D eigenvalue weighted by Crippen LogP contribution is -2.34. The molecule has 1 amide bonds. The zero-order chi connectivity index (χ0) is 14.5. The van der Waals surface area contributed by atoms with E-state index in [0.717, 1.165) is 11.3 Å². The molecule has 110 valence electrons. The van der Waals surface area contributed by atoms with Crippen molar-refractivity contribution in [1.82, 2.24) is 5.32 Å². The third kappa shape index (κ3) is 3.71. The van der Waals surface area contributed by atoms with Gasteiger partial charge in [-0.05, 0) is 30.5 Å². The second-order valence-electron chi connectivity index (χ2n) is 5.27. The van der Waals surface area contributed by atoms with Gasteiger partial charge in [0.15, 0.2) is 0 Å². The normalized spacial score (nSPS) is 25.4. The Morgan fingerprint density at radius 2 is 2.25 bits per heavy atom. The van der Waals surface area contributed by atoms with E-state index in [2.05, 4.69) is 5.32 Å². The highest BCUT2D eigenvalue weighted by Crippen LogP contribution is 2.25. The lowest BCUT2D eigenvalue weighted by molar-refractivity contribution is -0.121. The van der Waals surface area contributed by atoms with Gasteiger partial charge in [0.1, 0.15) is 5.75 Å². The molecule has 0 aliphatic heterocycles. The van der Waals surface area contributed by atoms with Gasteiger partial charge in [-0.15, -0.1) is 0 Å². The first-order valence-electron chi connectivity index (χ1n) is 6.83. The summed E-state index contributed by atoms with van der Waals surface area (Å²) in [6.45, 7) is -0.0383. The molecule has 5 heteroatoms. The summed E-state index contributed by atoms with van der Waals surface area (Å²) in [4.78, 5) is 12.0. The zero-order valence-electron chi connectivity index (χ0n) is 11.6. The molecule has 1 aliphatic carbocycles. The summed E-state index contributed by atoms with van der Waals surface area (Å²) < 4.78 is 5.12. The number of aliphatic hydroxyl groups is 2. The van der Waals surface area contributed by atoms with Gasteiger partial charge in [0.05, 0.1) is 19.6 Å². The maximum Gasteiger partial charge on any atom is 0.224 e. The summed E-state index contributed by atoms with van der Waals surface area (Å²) in [6.07, 6.45) is 0.895. The molecular weight excluding hydrogens is 258 g/mol. The molecule has 1 aromatic carbocycles. The number of ether oxygens (including phenoxy) is 1. The van der Waals surface area contributed by atoms with Crippen LogP contribution in [-0.4, -0.2) is 42.0 Å². The van der Waals surface area contributed by atoms with Crippen molar-refractivity contribution in [3.63, 3.8) is 0 Å². The lowest BCUT2D eigenvalue weighted by atomic mass is 10.1. The van der Waals surface area contributed by atoms with Gasteiger partial charge in [0, 0.05) is 18.6 Å². The first-order valence-corrected chi connectivity index (χ1v) is 6.83. The van der Waals surface area contributed by atoms with Gasteiger partial charge in [-0.3, -0.25) is 4.79 Å². The van der Waals surface area contributed by atoms with Gasteiger partial charge in [-0.25, -0.2) is 0 Å². The molecule has 0 saturated heterocycles. The third-order valence-electron chi connectivity index (χ3n) is 3.76. The molecule has 1 aromatic rings. The Hall–Kier alpha value is -1.59. The van der Waals surface area contributed by atoms with Gasteiger partial charge in [-0.1, -0.05) is 12.1 Å². The molecule has 5 nitrogen and oxygen atoms in total. The van der Waals surface area contributed by atoms with E-state index in [1.54, 1.807) is 7.11 Å². The minimum absolute atomic E-state index is 0.0383. The van der Waals surface area contributed by atoms with Crippen LogP contribution in [0.25, 0.3) is 0 Å². The molecule has 0 radical (unpaired) electrons. The fourth-order valence-corrected chi connectivity index (χ4v) is 2.66. The monoisotopic (exact) mass is 279 g/mol. The van der Waals surface area contributed by atoms with Crippen LogP contribution in [0.15, 0.2) is 24.3 Å². The van der Waals surface area contributed by atoms with Crippen LogP contribution in [0.4, 0.5) is 0 Å². The lowest BCUT2D eigenvalue weighted by Gasteiger charge is -2.12. The number of rotatable bonds is 5. The minimum atomic E-state index is -0.526. The van der Waals surface area contributed by atoms with Crippen molar-refractivity contribution in [3.8, 4) is 5.75 Å². The highest BCUT2D eigenvalue weighted by Gasteiger charge is 2.33. The van der Waals surface area contributed by atoms with Crippen molar-refractivity contribution >= 4 is 5.91 Å². The van der Waals surface area contributed by atoms with Gasteiger partial charge < -0.3 is 20.3 Å². The molecular formula is C15H21NO4. The second kappa shape index (κ2) is 6.72. The van der Waals surface area contributed by atoms with Crippen LogP contribution in [0, 0.1) is 5.92 Å². The number of benzene rings is 1. The van der Waals surface area contributed by atoms with Crippen LogP contribution in [0.3, 0.4) is 0 Å². The van der Waals surface area contributed by atoms with Gasteiger partial charge in [0.25, 0.3) is 0 Å². The summed E-state index contributed by atoms with van der Waals surface area (Å²) in [6, 6.07) is 7.34. The molecule has 0 bridgehead atoms. The smallest absolute Gasteiger partial charge is 0.224 e. The van der Waals surface area contributed by atoms with E-state index in [0.29, 0.717) is 12.8 Å². The van der Waals surface area contributed by atoms with Crippen molar-refractivity contribution in [2.75, 3.05) is 13.7 Å². The van der Waals surface area contributed by atoms with Crippen molar-refractivity contribution in [1.29, 1.82) is 0 Å². The fraction of sp³-hybridized carbons (Fsp3) is 0.533. The summed E-state index contributed by atoms with van der Waals surface area (Å²) in [5, 5.41) is 21.7. The fourth-order valence-electron chi connectivity index (χ4n) is 2.66. The molecule has 1 fully saturated rings. The molecule has 3 N–H and O–H groups in total. The van der Waals surface area contributed by atoms with E-state index >= 15 is 0 Å². The molecule has 0 aromatic heterocycles. The standard InChI is InChI=1S/C15H21NO4/c1-20-13-4-2-3-10(5-13)6-15(19)16-12-7-11(9-17)14(18)8-12/h2-5,11-12,14,17-18H,6-9H2,1H3,(H,16,19). The van der Waals surface area contributed by atoms with E-state index in [1.165, 1.54) is 0 Å². The molecule has 3 unspecified atom stereocenters. The quantitative estimate of drug-likeness (QED) is 0.733. The molecule has 1 aliphatic rings. The molecule has 0 heterocycles. The highest BCUT2D eigenvalue weighted by molar-refractivity contribution is 5.79. The summed E-state index contributed by atoms with van der Waals surface area (Å²) in [5.41, 5.74) is 0.888. The van der Waals surface area contributed by atoms with E-state index in [4.69, 9.17) is 9.84 Å². The maximum atomic E-state index is 12.0. The number of carbonyl (C=O) groups is 1. The van der Waals surface area contributed by atoms with E-state index in [1.807, 2.05) is 24.3 Å².